The van der Waals surface area contributed by atoms with E-state index in [0.29, 0.717) is 10.1 Å². The summed E-state index contributed by atoms with van der Waals surface area (Å²) in [7, 11) is 0. The van der Waals surface area contributed by atoms with E-state index < -0.39 is 17.4 Å². The Kier molecular flexibility index (Phi) is 7.64. The summed E-state index contributed by atoms with van der Waals surface area (Å²) in [6.07, 6.45) is 36.0. The van der Waals surface area contributed by atoms with Gasteiger partial charge in [-0.15, -0.1) is 0 Å². The normalized spacial score (nSPS) is 48.4. The van der Waals surface area contributed by atoms with E-state index in [2.05, 4.69) is 154 Å². The van der Waals surface area contributed by atoms with Crippen LogP contribution in [0.1, 0.15) is 75.7 Å². The Morgan fingerprint density at radius 3 is 1.75 bits per heavy atom. The van der Waals surface area contributed by atoms with E-state index in [9.17, 15) is 0 Å². The maximum absolute atomic E-state index is 2.78. The molecule has 9 atom stereocenters. The molecule has 0 N–H and O–H groups in total. The van der Waals surface area contributed by atoms with Crippen LogP contribution in [0.4, 0.5) is 0 Å². The molecule has 0 saturated heterocycles. The zero-order valence-electron chi connectivity index (χ0n) is 26.2. The van der Waals surface area contributed by atoms with Gasteiger partial charge in [0.1, 0.15) is 0 Å². The monoisotopic (exact) mass is 610 g/mol. The molecular weight excluding hydrogens is 563 g/mol. The molecule has 6 rings (SSSR count). The first kappa shape index (κ1) is 32.0. The number of halogens is 2. The van der Waals surface area contributed by atoms with E-state index in [-0.39, 0.29) is 62.7 Å². The van der Waals surface area contributed by atoms with Gasteiger partial charge < -0.3 is 24.8 Å². The van der Waals surface area contributed by atoms with Crippen molar-refractivity contribution in [2.75, 3.05) is 0 Å². The van der Waals surface area contributed by atoms with Crippen molar-refractivity contribution >= 4 is 3.81 Å². The summed E-state index contributed by atoms with van der Waals surface area (Å²) >= 11 is -1.88. The fourth-order valence-corrected chi connectivity index (χ4v) is 18.3. The zero-order valence-corrected chi connectivity index (χ0v) is 29.3. The van der Waals surface area contributed by atoms with Gasteiger partial charge in [0, 0.05) is 0 Å². The third-order valence-electron chi connectivity index (χ3n) is 14.5. The molecule has 0 spiro atoms. The zero-order chi connectivity index (χ0) is 27.6. The summed E-state index contributed by atoms with van der Waals surface area (Å²) in [5, 5.41) is 0. The van der Waals surface area contributed by atoms with E-state index in [4.69, 9.17) is 0 Å². The molecule has 0 aromatic heterocycles. The maximum Gasteiger partial charge on any atom is -1.00 e. The number of hydrogen-bond donors (Lipinski definition) is 0. The van der Waals surface area contributed by atoms with Gasteiger partial charge in [-0.05, 0) is 0 Å². The van der Waals surface area contributed by atoms with Crippen LogP contribution in [0, 0.1) is 43.8 Å². The van der Waals surface area contributed by atoms with E-state index in [0.717, 1.165) is 6.42 Å². The van der Waals surface area contributed by atoms with E-state index in [1.165, 1.54) is 0 Å². The van der Waals surface area contributed by atoms with Crippen LogP contribution in [0.3, 0.4) is 0 Å². The molecule has 2 saturated carbocycles. The minimum Gasteiger partial charge on any atom is -1.00 e. The summed E-state index contributed by atoms with van der Waals surface area (Å²) in [5.74, 6) is 0.535. The molecule has 40 heavy (non-hydrogen) atoms. The molecule has 6 aliphatic rings. The summed E-state index contributed by atoms with van der Waals surface area (Å²) in [4.78, 5) is 0. The van der Waals surface area contributed by atoms with Gasteiger partial charge in [0.25, 0.3) is 0 Å². The number of allylic oxidation sites excluding steroid dienone is 16. The average Bonchev–Trinajstić information content (AvgIpc) is 3.45. The van der Waals surface area contributed by atoms with Crippen molar-refractivity contribution in [2.45, 2.75) is 79.9 Å². The predicted molar refractivity (Wildman–Crippen MR) is 162 cm³/mol. The third-order valence-corrected chi connectivity index (χ3v) is 20.2. The summed E-state index contributed by atoms with van der Waals surface area (Å²) in [6, 6.07) is 0. The molecule has 0 nitrogen and oxygen atoms in total. The van der Waals surface area contributed by atoms with Crippen LogP contribution in [0.15, 0.2) is 94.5 Å². The molecule has 0 radical (unpaired) electrons. The molecular formula is C37H48Cl2Ti. The van der Waals surface area contributed by atoms with Gasteiger partial charge in [-0.3, -0.25) is 0 Å². The van der Waals surface area contributed by atoms with Gasteiger partial charge in [-0.25, -0.2) is 0 Å². The summed E-state index contributed by atoms with van der Waals surface area (Å²) in [5.41, 5.74) is 1.66. The molecule has 0 aromatic carbocycles. The van der Waals surface area contributed by atoms with Gasteiger partial charge >= 0.3 is 239 Å². The molecule has 0 aliphatic heterocycles. The third kappa shape index (κ3) is 2.99. The van der Waals surface area contributed by atoms with Gasteiger partial charge in [-0.2, -0.15) is 0 Å². The Morgan fingerprint density at radius 1 is 0.700 bits per heavy atom. The number of hydrogen-bond acceptors (Lipinski definition) is 0. The molecule has 6 aliphatic carbocycles. The predicted octanol–water partition coefficient (Wildman–Crippen LogP) is 3.91. The molecule has 0 amide bonds. The van der Waals surface area contributed by atoms with Crippen LogP contribution in [-0.2, 0) is 17.4 Å². The van der Waals surface area contributed by atoms with Crippen LogP contribution in [0.5, 0.6) is 0 Å². The Bertz CT molecular complexity index is 1400. The SMILES string of the molecule is CC1=CC=CC2[CH]([Ti+2]([C]3=CC=CC3)=[C](C)C)C3(C)C4(C)C=CC=CC4(C)C4(C)C=CC=CC4(C)C3(C)C12C.[Cl-].[Cl-]. The molecule has 0 bridgehead atoms. The Balaban J connectivity index is 0.00000185. The first-order valence-electron chi connectivity index (χ1n) is 14.9. The fraction of sp³-hybridized carbons (Fsp3) is 0.541. The minimum atomic E-state index is -1.88. The Labute approximate surface area is 262 Å². The molecule has 2 fully saturated rings. The van der Waals surface area contributed by atoms with Crippen molar-refractivity contribution in [3.8, 4) is 0 Å². The second kappa shape index (κ2) is 9.54. The Hall–Kier alpha value is -0.916. The van der Waals surface area contributed by atoms with E-state index >= 15 is 0 Å². The minimum absolute atomic E-state index is 0. The van der Waals surface area contributed by atoms with Crippen LogP contribution in [-0.4, -0.2) is 3.81 Å². The van der Waals surface area contributed by atoms with Gasteiger partial charge in [0.05, 0.1) is 0 Å². The molecule has 214 valence electrons. The summed E-state index contributed by atoms with van der Waals surface area (Å²) < 4.78 is 4.16. The van der Waals surface area contributed by atoms with Gasteiger partial charge in [0.2, 0.25) is 0 Å². The van der Waals surface area contributed by atoms with Crippen molar-refractivity contribution in [2.24, 2.45) is 43.8 Å². The van der Waals surface area contributed by atoms with Crippen molar-refractivity contribution in [1.82, 2.24) is 0 Å². The number of fused-ring (bicyclic) bond motifs is 8. The van der Waals surface area contributed by atoms with Crippen LogP contribution in [0.25, 0.3) is 0 Å². The smallest absolute Gasteiger partial charge is 1.00 e. The standard InChI is InChI=1S/C29H37.C5H5.C3H6.2ClH.Ti/c1-21-14-13-15-22-20-27(6)25(4)18-10-9-16-23(25,2)24(3)17-11-12-19-26(24,5)29(27,8)28(21,22)7;1-2-4-5-3-1;1-3-2;;;/h9-20,22H,1-8H3;1-3H,4H2;1-2H3;2*1H;/q;;;;;+2/p-2. The van der Waals surface area contributed by atoms with Crippen molar-refractivity contribution in [1.29, 1.82) is 0 Å². The molecule has 0 aromatic rings. The first-order valence-corrected chi connectivity index (χ1v) is 17.3. The van der Waals surface area contributed by atoms with Crippen molar-refractivity contribution in [3.05, 3.63) is 94.5 Å². The van der Waals surface area contributed by atoms with Crippen LogP contribution < -0.4 is 24.8 Å². The van der Waals surface area contributed by atoms with E-state index in [1.54, 1.807) is 13.3 Å². The van der Waals surface area contributed by atoms with Crippen molar-refractivity contribution < 1.29 is 42.2 Å². The maximum atomic E-state index is 2.78. The van der Waals surface area contributed by atoms with Crippen LogP contribution >= 0.6 is 0 Å². The number of rotatable bonds is 2. The average molecular weight is 612 g/mol. The van der Waals surface area contributed by atoms with Crippen molar-refractivity contribution in [3.63, 3.8) is 0 Å². The largest absolute Gasteiger partial charge is 1.00 e. The topological polar surface area (TPSA) is 0 Å². The molecule has 9 unspecified atom stereocenters. The second-order valence-electron chi connectivity index (χ2n) is 14.8. The van der Waals surface area contributed by atoms with Crippen LogP contribution in [0.2, 0.25) is 4.22 Å². The quantitative estimate of drug-likeness (QED) is 0.416. The molecule has 0 heterocycles. The van der Waals surface area contributed by atoms with E-state index in [1.807, 2.05) is 0 Å². The molecule has 3 heteroatoms. The van der Waals surface area contributed by atoms with Gasteiger partial charge in [-0.1, -0.05) is 0 Å². The first-order chi connectivity index (χ1) is 17.7. The Morgan fingerprint density at radius 2 is 1.23 bits per heavy atom. The fourth-order valence-electron chi connectivity index (χ4n) is 11.7. The second-order valence-corrected chi connectivity index (χ2v) is 19.6. The summed E-state index contributed by atoms with van der Waals surface area (Å²) in [6.45, 7) is 26.2. The van der Waals surface area contributed by atoms with Gasteiger partial charge in [0.15, 0.2) is 0 Å².